The van der Waals surface area contributed by atoms with Crippen LogP contribution in [0.15, 0.2) is 43.0 Å². The van der Waals surface area contributed by atoms with Gasteiger partial charge in [0.15, 0.2) is 5.78 Å². The van der Waals surface area contributed by atoms with Crippen molar-refractivity contribution in [2.24, 2.45) is 0 Å². The Morgan fingerprint density at radius 1 is 1.21 bits per heavy atom. The molecular weight excluding hydrogens is 296 g/mol. The fraction of sp³-hybridized carbons (Fsp3) is 0.143. The monoisotopic (exact) mass is 312 g/mol. The van der Waals surface area contributed by atoms with E-state index >= 15 is 0 Å². The van der Waals surface area contributed by atoms with Gasteiger partial charge in [0.1, 0.15) is 0 Å². The van der Waals surface area contributed by atoms with Crippen LogP contribution in [0.25, 0.3) is 17.0 Å². The first-order chi connectivity index (χ1) is 11.5. The first kappa shape index (κ1) is 14.5. The maximum Gasteiger partial charge on any atom is 0.195 e. The molecule has 3 heteroatoms. The van der Waals surface area contributed by atoms with Crippen LogP contribution in [0.5, 0.6) is 0 Å². The minimum atomic E-state index is -0.330. The van der Waals surface area contributed by atoms with Gasteiger partial charge in [-0.1, -0.05) is 50.8 Å². The van der Waals surface area contributed by atoms with Crippen LogP contribution < -0.4 is 0 Å². The molecule has 0 bridgehead atoms. The molecule has 3 nitrogen and oxygen atoms in total. The largest absolute Gasteiger partial charge is 0.357 e. The topological polar surface area (TPSA) is 56.6 Å². The minimum absolute atomic E-state index is 0.0332. The van der Waals surface area contributed by atoms with Crippen LogP contribution in [0.2, 0.25) is 0 Å². The lowest BCUT2D eigenvalue weighted by Gasteiger charge is -2.32. The molecule has 1 N–H and O–H groups in total. The van der Waals surface area contributed by atoms with Crippen molar-refractivity contribution in [3.63, 3.8) is 0 Å². The molecule has 0 amide bonds. The van der Waals surface area contributed by atoms with Crippen molar-refractivity contribution < 1.29 is 4.79 Å². The third-order valence-corrected chi connectivity index (χ3v) is 4.98. The normalized spacial score (nSPS) is 14.8. The molecule has 24 heavy (non-hydrogen) atoms. The van der Waals surface area contributed by atoms with Crippen molar-refractivity contribution in [1.29, 1.82) is 5.26 Å². The van der Waals surface area contributed by atoms with E-state index in [4.69, 9.17) is 5.26 Å². The van der Waals surface area contributed by atoms with Crippen LogP contribution in [-0.2, 0) is 5.41 Å². The van der Waals surface area contributed by atoms with E-state index in [-0.39, 0.29) is 11.2 Å². The van der Waals surface area contributed by atoms with Crippen molar-refractivity contribution in [2.45, 2.75) is 19.3 Å². The Morgan fingerprint density at radius 3 is 2.71 bits per heavy atom. The van der Waals surface area contributed by atoms with E-state index in [1.165, 1.54) is 0 Å². The highest BCUT2D eigenvalue weighted by atomic mass is 16.1. The average Bonchev–Trinajstić information content (AvgIpc) is 2.99. The first-order valence-corrected chi connectivity index (χ1v) is 7.85. The van der Waals surface area contributed by atoms with Crippen molar-refractivity contribution in [1.82, 2.24) is 4.98 Å². The summed E-state index contributed by atoms with van der Waals surface area (Å²) < 4.78 is 0. The molecule has 0 unspecified atom stereocenters. The maximum absolute atomic E-state index is 13.1. The molecule has 1 aliphatic rings. The first-order valence-electron chi connectivity index (χ1n) is 7.85. The second-order valence-corrected chi connectivity index (χ2v) is 6.71. The predicted molar refractivity (Wildman–Crippen MR) is 95.1 cm³/mol. The summed E-state index contributed by atoms with van der Waals surface area (Å²) in [6.07, 6.45) is 1.79. The zero-order valence-corrected chi connectivity index (χ0v) is 13.6. The highest BCUT2D eigenvalue weighted by molar-refractivity contribution is 6.20. The van der Waals surface area contributed by atoms with Crippen LogP contribution in [-0.4, -0.2) is 10.8 Å². The summed E-state index contributed by atoms with van der Waals surface area (Å²) in [5.74, 6) is 0.0332. The second kappa shape index (κ2) is 4.69. The number of carbonyl (C=O) groups excluding carboxylic acids is 1. The molecule has 2 aromatic carbocycles. The molecule has 0 spiro atoms. The van der Waals surface area contributed by atoms with Gasteiger partial charge in [-0.3, -0.25) is 4.79 Å². The summed E-state index contributed by atoms with van der Waals surface area (Å²) in [6.45, 7) is 8.05. The van der Waals surface area contributed by atoms with Crippen LogP contribution in [0.4, 0.5) is 0 Å². The number of nitriles is 1. The molecule has 1 aliphatic carbocycles. The van der Waals surface area contributed by atoms with Crippen molar-refractivity contribution in [2.75, 3.05) is 0 Å². The number of hydrogen-bond acceptors (Lipinski definition) is 2. The third-order valence-electron chi connectivity index (χ3n) is 4.98. The van der Waals surface area contributed by atoms with Crippen LogP contribution in [0.3, 0.4) is 0 Å². The van der Waals surface area contributed by atoms with E-state index in [1.54, 1.807) is 18.2 Å². The van der Waals surface area contributed by atoms with Crippen molar-refractivity contribution >= 4 is 22.8 Å². The highest BCUT2D eigenvalue weighted by Gasteiger charge is 2.39. The van der Waals surface area contributed by atoms with E-state index in [1.807, 2.05) is 24.3 Å². The lowest BCUT2D eigenvalue weighted by atomic mass is 9.71. The summed E-state index contributed by atoms with van der Waals surface area (Å²) in [4.78, 5) is 16.5. The van der Waals surface area contributed by atoms with Gasteiger partial charge in [-0.15, -0.1) is 0 Å². The molecule has 0 saturated carbocycles. The third kappa shape index (κ3) is 1.74. The summed E-state index contributed by atoms with van der Waals surface area (Å²) in [7, 11) is 0. The molecule has 0 radical (unpaired) electrons. The molecule has 3 aromatic rings. The van der Waals surface area contributed by atoms with Gasteiger partial charge in [-0.05, 0) is 23.3 Å². The lowest BCUT2D eigenvalue weighted by Crippen LogP contribution is -2.30. The van der Waals surface area contributed by atoms with Gasteiger partial charge >= 0.3 is 0 Å². The van der Waals surface area contributed by atoms with Gasteiger partial charge in [0.2, 0.25) is 0 Å². The van der Waals surface area contributed by atoms with Crippen molar-refractivity contribution in [3.05, 3.63) is 76.5 Å². The van der Waals surface area contributed by atoms with Gasteiger partial charge in [0.25, 0.3) is 0 Å². The Morgan fingerprint density at radius 2 is 2.00 bits per heavy atom. The molecule has 0 aliphatic heterocycles. The quantitative estimate of drug-likeness (QED) is 0.716. The average molecular weight is 312 g/mol. The maximum atomic E-state index is 13.1. The zero-order valence-electron chi connectivity index (χ0n) is 13.6. The number of aromatic amines is 1. The van der Waals surface area contributed by atoms with E-state index in [9.17, 15) is 4.79 Å². The Kier molecular flexibility index (Phi) is 2.83. The molecule has 0 atom stereocenters. The van der Waals surface area contributed by atoms with Gasteiger partial charge in [-0.2, -0.15) is 5.26 Å². The van der Waals surface area contributed by atoms with Crippen LogP contribution in [0, 0.1) is 11.3 Å². The van der Waals surface area contributed by atoms with Gasteiger partial charge in [0.05, 0.1) is 17.2 Å². The fourth-order valence-corrected chi connectivity index (χ4v) is 3.64. The van der Waals surface area contributed by atoms with Crippen LogP contribution >= 0.6 is 0 Å². The number of carbonyl (C=O) groups is 1. The van der Waals surface area contributed by atoms with E-state index < -0.39 is 0 Å². The summed E-state index contributed by atoms with van der Waals surface area (Å²) >= 11 is 0. The summed E-state index contributed by atoms with van der Waals surface area (Å²) in [5, 5.41) is 9.99. The summed E-state index contributed by atoms with van der Waals surface area (Å²) in [5.41, 5.74) is 5.46. The zero-order chi connectivity index (χ0) is 17.1. The number of ketones is 1. The fourth-order valence-electron chi connectivity index (χ4n) is 3.64. The molecule has 1 aromatic heterocycles. The Hall–Kier alpha value is -3.12. The SMILES string of the molecule is C=Cc1ccc2c(c1)C(C)(C)c1[nH]c3cc(C#N)ccc3c1C2=O. The number of nitrogens with zero attached hydrogens (tertiary/aromatic N) is 1. The Balaban J connectivity index is 2.07. The molecule has 116 valence electrons. The highest BCUT2D eigenvalue weighted by Crippen LogP contribution is 2.44. The number of hydrogen-bond donors (Lipinski definition) is 1. The standard InChI is InChI=1S/C21H16N2O/c1-4-12-5-7-14-16(9-12)21(2,3)20-18(19(14)24)15-8-6-13(11-22)10-17(15)23-20/h4-10,23H,1H2,2-3H3. The Labute approximate surface area is 140 Å². The number of H-pyrrole nitrogens is 1. The second-order valence-electron chi connectivity index (χ2n) is 6.71. The Bertz CT molecular complexity index is 1080. The number of nitrogens with one attached hydrogen (secondary N) is 1. The van der Waals surface area contributed by atoms with Gasteiger partial charge < -0.3 is 4.98 Å². The predicted octanol–water partition coefficient (Wildman–Crippen LogP) is 4.55. The number of rotatable bonds is 1. The molecule has 0 fully saturated rings. The van der Waals surface area contributed by atoms with E-state index in [0.717, 1.165) is 38.9 Å². The lowest BCUT2D eigenvalue weighted by molar-refractivity contribution is 0.103. The van der Waals surface area contributed by atoms with Gasteiger partial charge in [-0.25, -0.2) is 0 Å². The molecule has 0 saturated heterocycles. The van der Waals surface area contributed by atoms with Crippen LogP contribution in [0.1, 0.15) is 52.2 Å². The molecule has 4 rings (SSSR count). The van der Waals surface area contributed by atoms with Crippen molar-refractivity contribution in [3.8, 4) is 6.07 Å². The smallest absolute Gasteiger partial charge is 0.195 e. The summed E-state index contributed by atoms with van der Waals surface area (Å²) in [6, 6.07) is 13.4. The number of fused-ring (bicyclic) bond motifs is 4. The molecule has 1 heterocycles. The molecular formula is C21H16N2O. The van der Waals surface area contributed by atoms with E-state index in [2.05, 4.69) is 31.5 Å². The number of benzene rings is 2. The van der Waals surface area contributed by atoms with Gasteiger partial charge in [0, 0.05) is 27.6 Å². The van der Waals surface area contributed by atoms with E-state index in [0.29, 0.717) is 5.56 Å². The number of aromatic nitrogens is 1. The minimum Gasteiger partial charge on any atom is -0.357 e.